The Labute approximate surface area is 148 Å². The Morgan fingerprint density at radius 3 is 2.76 bits per heavy atom. The summed E-state index contributed by atoms with van der Waals surface area (Å²) in [5, 5.41) is 4.64. The lowest BCUT2D eigenvalue weighted by Gasteiger charge is -2.12. The van der Waals surface area contributed by atoms with E-state index in [2.05, 4.69) is 45.3 Å². The van der Waals surface area contributed by atoms with E-state index in [4.69, 9.17) is 4.74 Å². The molecule has 0 aliphatic rings. The van der Waals surface area contributed by atoms with E-state index in [1.165, 1.54) is 5.56 Å². The highest BCUT2D eigenvalue weighted by atomic mass is 16.5. The molecule has 0 radical (unpaired) electrons. The lowest BCUT2D eigenvalue weighted by atomic mass is 10.1. The normalized spacial score (nSPS) is 11.0. The lowest BCUT2D eigenvalue weighted by molar-refractivity contribution is 0.253. The highest BCUT2D eigenvalue weighted by molar-refractivity contribution is 5.92. The van der Waals surface area contributed by atoms with Crippen LogP contribution in [-0.2, 0) is 6.54 Å². The van der Waals surface area contributed by atoms with Crippen molar-refractivity contribution < 1.29 is 4.74 Å². The molecule has 1 aromatic carbocycles. The average Bonchev–Trinajstić information content (AvgIpc) is 2.60. The molecule has 0 amide bonds. The summed E-state index contributed by atoms with van der Waals surface area (Å²) in [6.07, 6.45) is 3.64. The summed E-state index contributed by atoms with van der Waals surface area (Å²) in [4.78, 5) is 10.8. The van der Waals surface area contributed by atoms with Crippen molar-refractivity contribution in [3.05, 3.63) is 59.9 Å². The lowest BCUT2D eigenvalue weighted by Crippen LogP contribution is -2.19. The van der Waals surface area contributed by atoms with Crippen molar-refractivity contribution in [2.24, 2.45) is 0 Å². The molecule has 3 rings (SSSR count). The van der Waals surface area contributed by atoms with Crippen LogP contribution in [0.1, 0.15) is 11.1 Å². The number of nitrogens with one attached hydrogen (secondary N) is 1. The van der Waals surface area contributed by atoms with E-state index in [0.717, 1.165) is 28.7 Å². The third-order valence-corrected chi connectivity index (χ3v) is 4.04. The molecule has 0 unspecified atom stereocenters. The van der Waals surface area contributed by atoms with E-state index < -0.39 is 0 Å². The SMILES string of the molecule is Cc1cccc2c(NCc3ccnc(OCCN(C)C)c3)ccnc12. The van der Waals surface area contributed by atoms with E-state index in [1.807, 2.05) is 38.5 Å². The Balaban J connectivity index is 1.69. The zero-order chi connectivity index (χ0) is 17.6. The van der Waals surface area contributed by atoms with Gasteiger partial charge in [0.1, 0.15) is 6.61 Å². The van der Waals surface area contributed by atoms with E-state index in [-0.39, 0.29) is 0 Å². The second kappa shape index (κ2) is 7.94. The van der Waals surface area contributed by atoms with Crippen LogP contribution in [0.25, 0.3) is 10.9 Å². The van der Waals surface area contributed by atoms with Crippen LogP contribution in [0.3, 0.4) is 0 Å². The number of aromatic nitrogens is 2. The standard InChI is InChI=1S/C20H24N4O/c1-15-5-4-6-17-18(8-10-22-20(15)17)23-14-16-7-9-21-19(13-16)25-12-11-24(2)3/h4-10,13H,11-12,14H2,1-3H3,(H,22,23). The van der Waals surface area contributed by atoms with Crippen molar-refractivity contribution in [3.8, 4) is 5.88 Å². The van der Waals surface area contributed by atoms with E-state index >= 15 is 0 Å². The number of nitrogens with zero attached hydrogens (tertiary/aromatic N) is 3. The molecule has 2 heterocycles. The maximum absolute atomic E-state index is 5.70. The van der Waals surface area contributed by atoms with E-state index in [0.29, 0.717) is 19.0 Å². The molecule has 0 aliphatic heterocycles. The van der Waals surface area contributed by atoms with Gasteiger partial charge in [-0.15, -0.1) is 0 Å². The second-order valence-corrected chi connectivity index (χ2v) is 6.34. The molecule has 130 valence electrons. The van der Waals surface area contributed by atoms with Gasteiger partial charge >= 0.3 is 0 Å². The number of hydrogen-bond acceptors (Lipinski definition) is 5. The number of rotatable bonds is 7. The molecule has 25 heavy (non-hydrogen) atoms. The predicted octanol–water partition coefficient (Wildman–Crippen LogP) is 3.49. The highest BCUT2D eigenvalue weighted by Gasteiger charge is 2.04. The second-order valence-electron chi connectivity index (χ2n) is 6.34. The first kappa shape index (κ1) is 17.2. The smallest absolute Gasteiger partial charge is 0.213 e. The number of fused-ring (bicyclic) bond motifs is 1. The summed E-state index contributed by atoms with van der Waals surface area (Å²) in [6.45, 7) is 4.29. The zero-order valence-electron chi connectivity index (χ0n) is 15.0. The predicted molar refractivity (Wildman–Crippen MR) is 102 cm³/mol. The minimum Gasteiger partial charge on any atom is -0.476 e. The fourth-order valence-corrected chi connectivity index (χ4v) is 2.65. The third-order valence-electron chi connectivity index (χ3n) is 4.04. The van der Waals surface area contributed by atoms with Gasteiger partial charge in [0, 0.05) is 42.6 Å². The van der Waals surface area contributed by atoms with E-state index in [1.54, 1.807) is 6.20 Å². The molecule has 1 N–H and O–H groups in total. The number of para-hydroxylation sites is 1. The van der Waals surface area contributed by atoms with Crippen LogP contribution in [0.15, 0.2) is 48.8 Å². The van der Waals surface area contributed by atoms with Gasteiger partial charge in [0.25, 0.3) is 0 Å². The molecule has 0 saturated heterocycles. The van der Waals surface area contributed by atoms with Crippen LogP contribution in [-0.4, -0.2) is 42.1 Å². The van der Waals surface area contributed by atoms with Gasteiger partial charge in [-0.3, -0.25) is 4.98 Å². The maximum Gasteiger partial charge on any atom is 0.213 e. The minimum atomic E-state index is 0.630. The minimum absolute atomic E-state index is 0.630. The molecule has 5 heteroatoms. The monoisotopic (exact) mass is 336 g/mol. The van der Waals surface area contributed by atoms with Crippen molar-refractivity contribution in [2.75, 3.05) is 32.6 Å². The summed E-state index contributed by atoms with van der Waals surface area (Å²) in [7, 11) is 4.05. The Kier molecular flexibility index (Phi) is 5.46. The Morgan fingerprint density at radius 1 is 1.08 bits per heavy atom. The van der Waals surface area contributed by atoms with Gasteiger partial charge in [0.2, 0.25) is 5.88 Å². The van der Waals surface area contributed by atoms with Crippen LogP contribution in [0.5, 0.6) is 5.88 Å². The molecule has 0 fully saturated rings. The number of pyridine rings is 2. The summed E-state index contributed by atoms with van der Waals surface area (Å²) < 4.78 is 5.70. The molecule has 0 saturated carbocycles. The van der Waals surface area contributed by atoms with Crippen molar-refractivity contribution in [2.45, 2.75) is 13.5 Å². The molecule has 2 aromatic heterocycles. The molecular formula is C20H24N4O. The van der Waals surface area contributed by atoms with Crippen molar-refractivity contribution in [3.63, 3.8) is 0 Å². The van der Waals surface area contributed by atoms with Crippen molar-refractivity contribution >= 4 is 16.6 Å². The van der Waals surface area contributed by atoms with Crippen LogP contribution >= 0.6 is 0 Å². The number of ether oxygens (including phenoxy) is 1. The first-order valence-corrected chi connectivity index (χ1v) is 8.44. The number of hydrogen-bond donors (Lipinski definition) is 1. The summed E-state index contributed by atoms with van der Waals surface area (Å²) in [5.74, 6) is 0.664. The van der Waals surface area contributed by atoms with Gasteiger partial charge in [0.15, 0.2) is 0 Å². The summed E-state index contributed by atoms with van der Waals surface area (Å²) in [5.41, 5.74) is 4.43. The van der Waals surface area contributed by atoms with Gasteiger partial charge < -0.3 is 15.0 Å². The maximum atomic E-state index is 5.70. The molecule has 5 nitrogen and oxygen atoms in total. The third kappa shape index (κ3) is 4.45. The van der Waals surface area contributed by atoms with Crippen molar-refractivity contribution in [1.82, 2.24) is 14.9 Å². The molecule has 0 bridgehead atoms. The van der Waals surface area contributed by atoms with Crippen LogP contribution < -0.4 is 10.1 Å². The van der Waals surface area contributed by atoms with Crippen LogP contribution in [0.2, 0.25) is 0 Å². The number of benzene rings is 1. The highest BCUT2D eigenvalue weighted by Crippen LogP contribution is 2.24. The number of aryl methyl sites for hydroxylation is 1. The fraction of sp³-hybridized carbons (Fsp3) is 0.300. The van der Waals surface area contributed by atoms with Crippen LogP contribution in [0.4, 0.5) is 5.69 Å². The largest absolute Gasteiger partial charge is 0.476 e. The summed E-state index contributed by atoms with van der Waals surface area (Å²) >= 11 is 0. The first-order chi connectivity index (χ1) is 12.1. The number of likely N-dealkylation sites (N-methyl/N-ethyl adjacent to an activating group) is 1. The zero-order valence-corrected chi connectivity index (χ0v) is 15.0. The Bertz CT molecular complexity index is 848. The quantitative estimate of drug-likeness (QED) is 0.716. The summed E-state index contributed by atoms with van der Waals surface area (Å²) in [6, 6.07) is 12.2. The van der Waals surface area contributed by atoms with Crippen LogP contribution in [0, 0.1) is 6.92 Å². The number of anilines is 1. The van der Waals surface area contributed by atoms with Crippen molar-refractivity contribution in [1.29, 1.82) is 0 Å². The average molecular weight is 336 g/mol. The van der Waals surface area contributed by atoms with Gasteiger partial charge in [-0.1, -0.05) is 18.2 Å². The topological polar surface area (TPSA) is 50.3 Å². The van der Waals surface area contributed by atoms with Gasteiger partial charge in [-0.25, -0.2) is 4.98 Å². The Morgan fingerprint density at radius 2 is 1.92 bits per heavy atom. The molecule has 0 aliphatic carbocycles. The molecule has 0 spiro atoms. The molecule has 3 aromatic rings. The van der Waals surface area contributed by atoms with E-state index in [9.17, 15) is 0 Å². The molecular weight excluding hydrogens is 312 g/mol. The fourth-order valence-electron chi connectivity index (χ4n) is 2.65. The van der Waals surface area contributed by atoms with Gasteiger partial charge in [-0.2, -0.15) is 0 Å². The van der Waals surface area contributed by atoms with Gasteiger partial charge in [0.05, 0.1) is 5.52 Å². The molecule has 0 atom stereocenters. The van der Waals surface area contributed by atoms with Gasteiger partial charge in [-0.05, 0) is 44.3 Å². The Hall–Kier alpha value is -2.66. The first-order valence-electron chi connectivity index (χ1n) is 8.44.